The predicted molar refractivity (Wildman–Crippen MR) is 81.0 cm³/mol. The number of urea groups is 1. The summed E-state index contributed by atoms with van der Waals surface area (Å²) in [6.07, 6.45) is 4.58. The summed E-state index contributed by atoms with van der Waals surface area (Å²) in [5.41, 5.74) is 0.892. The smallest absolute Gasteiger partial charge is 0.317 e. The molecule has 1 heterocycles. The molecule has 2 aliphatic carbocycles. The molecule has 4 nitrogen and oxygen atoms in total. The molecule has 1 atom stereocenters. The summed E-state index contributed by atoms with van der Waals surface area (Å²) in [4.78, 5) is 14.2. The highest BCUT2D eigenvalue weighted by molar-refractivity contribution is 5.79. The van der Waals surface area contributed by atoms with Crippen LogP contribution in [0.2, 0.25) is 0 Å². The second-order valence-corrected chi connectivity index (χ2v) is 6.29. The minimum Gasteiger partial charge on any atom is -0.459 e. The first-order valence-corrected chi connectivity index (χ1v) is 7.74. The minimum absolute atomic E-state index is 0.00565. The van der Waals surface area contributed by atoms with Gasteiger partial charge < -0.3 is 14.6 Å². The average Bonchev–Trinajstić information content (AvgIpc) is 3.39. The highest BCUT2D eigenvalue weighted by Crippen LogP contribution is 2.42. The maximum atomic E-state index is 12.3. The molecule has 0 bridgehead atoms. The van der Waals surface area contributed by atoms with Crippen molar-refractivity contribution in [3.8, 4) is 0 Å². The maximum absolute atomic E-state index is 12.3. The van der Waals surface area contributed by atoms with E-state index >= 15 is 0 Å². The average molecular weight is 284 g/mol. The molecular weight excluding hydrogens is 264 g/mol. The summed E-state index contributed by atoms with van der Waals surface area (Å²) in [6, 6.07) is 10.5. The first-order valence-electron chi connectivity index (χ1n) is 7.74. The van der Waals surface area contributed by atoms with Gasteiger partial charge in [-0.2, -0.15) is 0 Å². The lowest BCUT2D eigenvalue weighted by atomic mass is 10.1. The van der Waals surface area contributed by atoms with Crippen molar-refractivity contribution >= 4 is 17.0 Å². The van der Waals surface area contributed by atoms with Gasteiger partial charge in [0.05, 0.1) is 6.04 Å². The fourth-order valence-corrected chi connectivity index (χ4v) is 2.87. The van der Waals surface area contributed by atoms with Crippen LogP contribution in [0.1, 0.15) is 37.5 Å². The summed E-state index contributed by atoms with van der Waals surface area (Å²) in [6.45, 7) is 0. The van der Waals surface area contributed by atoms with Gasteiger partial charge in [0.15, 0.2) is 0 Å². The molecule has 2 fully saturated rings. The van der Waals surface area contributed by atoms with Crippen LogP contribution in [-0.4, -0.2) is 24.0 Å². The SMILES string of the molecule is CN(C(=O)N[C@@H](c1cc2ccccc2o1)C1CC1)C1CC1. The maximum Gasteiger partial charge on any atom is 0.317 e. The zero-order valence-electron chi connectivity index (χ0n) is 12.2. The quantitative estimate of drug-likeness (QED) is 0.930. The van der Waals surface area contributed by atoms with Crippen molar-refractivity contribution < 1.29 is 9.21 Å². The van der Waals surface area contributed by atoms with E-state index < -0.39 is 0 Å². The molecule has 2 saturated carbocycles. The molecule has 0 saturated heterocycles. The van der Waals surface area contributed by atoms with Gasteiger partial charge in [-0.25, -0.2) is 4.79 Å². The Balaban J connectivity index is 1.57. The van der Waals surface area contributed by atoms with Gasteiger partial charge >= 0.3 is 6.03 Å². The number of amides is 2. The van der Waals surface area contributed by atoms with Crippen LogP contribution in [0, 0.1) is 5.92 Å². The molecule has 0 radical (unpaired) electrons. The summed E-state index contributed by atoms with van der Waals surface area (Å²) >= 11 is 0. The lowest BCUT2D eigenvalue weighted by Gasteiger charge is -2.22. The third-order valence-electron chi connectivity index (χ3n) is 4.54. The van der Waals surface area contributed by atoms with Crippen LogP contribution in [0.25, 0.3) is 11.0 Å². The van der Waals surface area contributed by atoms with Gasteiger partial charge in [-0.1, -0.05) is 18.2 Å². The number of carbonyl (C=O) groups is 1. The van der Waals surface area contributed by atoms with Gasteiger partial charge in [0, 0.05) is 18.5 Å². The standard InChI is InChI=1S/C17H20N2O2/c1-19(13-8-9-13)17(20)18-16(11-6-7-11)15-10-12-4-2-3-5-14(12)21-15/h2-5,10-11,13,16H,6-9H2,1H3,(H,18,20)/t16-/m1/s1. The first-order chi connectivity index (χ1) is 10.2. The van der Waals surface area contributed by atoms with E-state index in [-0.39, 0.29) is 12.1 Å². The van der Waals surface area contributed by atoms with Crippen molar-refractivity contribution in [1.29, 1.82) is 0 Å². The number of furan rings is 1. The van der Waals surface area contributed by atoms with Crippen LogP contribution >= 0.6 is 0 Å². The number of hydrogen-bond acceptors (Lipinski definition) is 2. The third kappa shape index (κ3) is 2.50. The Morgan fingerprint density at radius 3 is 2.71 bits per heavy atom. The summed E-state index contributed by atoms with van der Waals surface area (Å²) in [5.74, 6) is 1.40. The number of nitrogens with zero attached hydrogens (tertiary/aromatic N) is 1. The van der Waals surface area contributed by atoms with Crippen molar-refractivity contribution in [2.45, 2.75) is 37.8 Å². The number of benzene rings is 1. The fourth-order valence-electron chi connectivity index (χ4n) is 2.87. The van der Waals surface area contributed by atoms with Gasteiger partial charge in [-0.05, 0) is 43.7 Å². The monoisotopic (exact) mass is 284 g/mol. The Kier molecular flexibility index (Phi) is 2.91. The molecule has 0 unspecified atom stereocenters. The summed E-state index contributed by atoms with van der Waals surface area (Å²) in [5, 5.41) is 4.27. The zero-order valence-corrected chi connectivity index (χ0v) is 12.2. The Bertz CT molecular complexity index is 637. The van der Waals surface area contributed by atoms with Gasteiger partial charge in [-0.3, -0.25) is 0 Å². The van der Waals surface area contributed by atoms with Gasteiger partial charge in [0.25, 0.3) is 0 Å². The summed E-state index contributed by atoms with van der Waals surface area (Å²) in [7, 11) is 1.88. The molecule has 4 heteroatoms. The van der Waals surface area contributed by atoms with E-state index in [1.54, 1.807) is 0 Å². The number of carbonyl (C=O) groups excluding carboxylic acids is 1. The van der Waals surface area contributed by atoms with E-state index in [2.05, 4.69) is 11.4 Å². The lowest BCUT2D eigenvalue weighted by Crippen LogP contribution is -2.41. The number of para-hydroxylation sites is 1. The summed E-state index contributed by atoms with van der Waals surface area (Å²) < 4.78 is 5.95. The Labute approximate surface area is 124 Å². The molecule has 110 valence electrons. The predicted octanol–water partition coefficient (Wildman–Crippen LogP) is 3.69. The first kappa shape index (κ1) is 12.7. The molecule has 1 aromatic heterocycles. The van der Waals surface area contributed by atoms with E-state index in [4.69, 9.17) is 4.42 Å². The topological polar surface area (TPSA) is 45.5 Å². The van der Waals surface area contributed by atoms with Crippen LogP contribution in [0.3, 0.4) is 0 Å². The molecule has 1 aromatic carbocycles. The van der Waals surface area contributed by atoms with Crippen LogP contribution in [-0.2, 0) is 0 Å². The van der Waals surface area contributed by atoms with Crippen LogP contribution in [0.4, 0.5) is 4.79 Å². The van der Waals surface area contributed by atoms with Crippen LogP contribution < -0.4 is 5.32 Å². The lowest BCUT2D eigenvalue weighted by molar-refractivity contribution is 0.198. The highest BCUT2D eigenvalue weighted by Gasteiger charge is 2.38. The van der Waals surface area contributed by atoms with Gasteiger partial charge in [-0.15, -0.1) is 0 Å². The van der Waals surface area contributed by atoms with Crippen molar-refractivity contribution in [2.24, 2.45) is 5.92 Å². The largest absolute Gasteiger partial charge is 0.459 e. The second-order valence-electron chi connectivity index (χ2n) is 6.29. The van der Waals surface area contributed by atoms with E-state index in [0.29, 0.717) is 12.0 Å². The number of rotatable bonds is 4. The molecule has 2 aromatic rings. The van der Waals surface area contributed by atoms with Crippen molar-refractivity contribution in [1.82, 2.24) is 10.2 Å². The van der Waals surface area contributed by atoms with Crippen LogP contribution in [0.15, 0.2) is 34.7 Å². The van der Waals surface area contributed by atoms with Crippen molar-refractivity contribution in [3.05, 3.63) is 36.1 Å². The van der Waals surface area contributed by atoms with E-state index in [0.717, 1.165) is 42.4 Å². The van der Waals surface area contributed by atoms with Gasteiger partial charge in [0.2, 0.25) is 0 Å². The second kappa shape index (κ2) is 4.79. The molecule has 2 amide bonds. The number of hydrogen-bond donors (Lipinski definition) is 1. The molecule has 0 spiro atoms. The zero-order chi connectivity index (χ0) is 14.4. The normalized spacial score (nSPS) is 19.5. The molecule has 4 rings (SSSR count). The molecule has 2 aliphatic rings. The Morgan fingerprint density at radius 1 is 1.29 bits per heavy atom. The van der Waals surface area contributed by atoms with Crippen molar-refractivity contribution in [3.63, 3.8) is 0 Å². The van der Waals surface area contributed by atoms with Crippen molar-refractivity contribution in [2.75, 3.05) is 7.05 Å². The Hall–Kier alpha value is -1.97. The minimum atomic E-state index is 0.00565. The van der Waals surface area contributed by atoms with E-state index in [9.17, 15) is 4.79 Å². The van der Waals surface area contributed by atoms with E-state index in [1.165, 1.54) is 0 Å². The Morgan fingerprint density at radius 2 is 2.05 bits per heavy atom. The number of nitrogens with one attached hydrogen (secondary N) is 1. The van der Waals surface area contributed by atoms with E-state index in [1.807, 2.05) is 36.2 Å². The number of fused-ring (bicyclic) bond motifs is 1. The molecule has 21 heavy (non-hydrogen) atoms. The van der Waals surface area contributed by atoms with Gasteiger partial charge in [0.1, 0.15) is 11.3 Å². The molecule has 1 N–H and O–H groups in total. The van der Waals surface area contributed by atoms with Crippen LogP contribution in [0.5, 0.6) is 0 Å². The fraction of sp³-hybridized carbons (Fsp3) is 0.471. The third-order valence-corrected chi connectivity index (χ3v) is 4.54. The highest BCUT2D eigenvalue weighted by atomic mass is 16.3. The molecular formula is C17H20N2O2. The molecule has 0 aliphatic heterocycles.